The Bertz CT molecular complexity index is 197. The lowest BCUT2D eigenvalue weighted by Crippen LogP contribution is -2.24. The zero-order valence-electron chi connectivity index (χ0n) is 10.3. The van der Waals surface area contributed by atoms with E-state index in [4.69, 9.17) is 4.74 Å². The van der Waals surface area contributed by atoms with Crippen LogP contribution in [0.4, 0.5) is 0 Å². The van der Waals surface area contributed by atoms with E-state index in [-0.39, 0.29) is 11.6 Å². The highest BCUT2D eigenvalue weighted by Crippen LogP contribution is 2.29. The summed E-state index contributed by atoms with van der Waals surface area (Å²) in [7, 11) is 0. The molecule has 1 radical (unpaired) electrons. The van der Waals surface area contributed by atoms with Gasteiger partial charge in [0.05, 0.1) is 0 Å². The molecule has 0 saturated heterocycles. The fourth-order valence-electron chi connectivity index (χ4n) is 1.97. The third kappa shape index (κ3) is 5.81. The Morgan fingerprint density at radius 3 is 2.33 bits per heavy atom. The summed E-state index contributed by atoms with van der Waals surface area (Å²) in [6.45, 7) is 5.75. The van der Waals surface area contributed by atoms with Gasteiger partial charge in [-0.25, -0.2) is 0 Å². The van der Waals surface area contributed by atoms with Gasteiger partial charge in [-0.05, 0) is 46.0 Å². The van der Waals surface area contributed by atoms with Gasteiger partial charge in [-0.15, -0.1) is 0 Å². The summed E-state index contributed by atoms with van der Waals surface area (Å²) in [5.41, 5.74) is -0.339. The van der Waals surface area contributed by atoms with E-state index in [2.05, 4.69) is 0 Å². The van der Waals surface area contributed by atoms with Crippen LogP contribution in [0.3, 0.4) is 0 Å². The lowest BCUT2D eigenvalue weighted by molar-refractivity contribution is -0.154. The number of rotatable bonds is 3. The van der Waals surface area contributed by atoms with Gasteiger partial charge in [0.25, 0.3) is 0 Å². The molecule has 0 aliphatic heterocycles. The van der Waals surface area contributed by atoms with Crippen molar-refractivity contribution >= 4 is 5.97 Å². The molecule has 0 spiro atoms. The van der Waals surface area contributed by atoms with Crippen LogP contribution < -0.4 is 0 Å². The number of carbonyl (C=O) groups is 1. The monoisotopic (exact) mass is 211 g/mol. The Morgan fingerprint density at radius 2 is 1.80 bits per heavy atom. The molecule has 0 unspecified atom stereocenters. The van der Waals surface area contributed by atoms with Gasteiger partial charge >= 0.3 is 5.97 Å². The minimum Gasteiger partial charge on any atom is -0.460 e. The number of ether oxygens (including phenoxy) is 1. The van der Waals surface area contributed by atoms with Crippen LogP contribution >= 0.6 is 0 Å². The first kappa shape index (κ1) is 12.5. The molecule has 1 aliphatic rings. The molecule has 87 valence electrons. The van der Waals surface area contributed by atoms with E-state index in [1.54, 1.807) is 5.92 Å². The summed E-state index contributed by atoms with van der Waals surface area (Å²) < 4.78 is 5.28. The van der Waals surface area contributed by atoms with Crippen LogP contribution in [-0.2, 0) is 9.53 Å². The molecule has 0 aromatic carbocycles. The Balaban J connectivity index is 2.15. The lowest BCUT2D eigenvalue weighted by Gasteiger charge is -2.22. The van der Waals surface area contributed by atoms with Crippen LogP contribution in [0, 0.1) is 5.92 Å². The molecule has 0 amide bonds. The first-order chi connectivity index (χ1) is 6.97. The highest BCUT2D eigenvalue weighted by molar-refractivity contribution is 5.70. The minimum absolute atomic E-state index is 0.0550. The van der Waals surface area contributed by atoms with Gasteiger partial charge in [-0.3, -0.25) is 4.79 Å². The second-order valence-electron chi connectivity index (χ2n) is 5.40. The van der Waals surface area contributed by atoms with E-state index in [0.29, 0.717) is 6.42 Å². The molecule has 1 fully saturated rings. The van der Waals surface area contributed by atoms with Crippen LogP contribution in [0.1, 0.15) is 65.7 Å². The normalized spacial score (nSPS) is 18.9. The van der Waals surface area contributed by atoms with Crippen molar-refractivity contribution < 1.29 is 9.53 Å². The zero-order chi connectivity index (χ0) is 11.3. The molecule has 0 bridgehead atoms. The Labute approximate surface area is 93.4 Å². The number of hydrogen-bond acceptors (Lipinski definition) is 2. The summed E-state index contributed by atoms with van der Waals surface area (Å²) in [5, 5.41) is 0. The van der Waals surface area contributed by atoms with E-state index in [9.17, 15) is 4.79 Å². The average Bonchev–Trinajstić information content (AvgIpc) is 2.14. The number of hydrogen-bond donors (Lipinski definition) is 0. The number of esters is 1. The third-order valence-corrected chi connectivity index (χ3v) is 2.66. The predicted octanol–water partition coefficient (Wildman–Crippen LogP) is 3.65. The van der Waals surface area contributed by atoms with Crippen molar-refractivity contribution in [2.24, 2.45) is 0 Å². The molecule has 1 rings (SSSR count). The van der Waals surface area contributed by atoms with E-state index >= 15 is 0 Å². The van der Waals surface area contributed by atoms with Crippen molar-refractivity contribution in [3.63, 3.8) is 0 Å². The molecule has 0 N–H and O–H groups in total. The van der Waals surface area contributed by atoms with Crippen molar-refractivity contribution in [3.8, 4) is 0 Å². The third-order valence-electron chi connectivity index (χ3n) is 2.66. The van der Waals surface area contributed by atoms with Crippen LogP contribution in [0.5, 0.6) is 0 Å². The van der Waals surface area contributed by atoms with Crippen molar-refractivity contribution in [1.29, 1.82) is 0 Å². The van der Waals surface area contributed by atoms with Crippen LogP contribution in [0.15, 0.2) is 0 Å². The summed E-state index contributed by atoms with van der Waals surface area (Å²) in [4.78, 5) is 11.5. The zero-order valence-corrected chi connectivity index (χ0v) is 10.3. The maximum Gasteiger partial charge on any atom is 0.306 e. The van der Waals surface area contributed by atoms with Gasteiger partial charge in [0.1, 0.15) is 5.60 Å². The van der Waals surface area contributed by atoms with Gasteiger partial charge < -0.3 is 4.74 Å². The molecule has 0 aromatic rings. The first-order valence-electron chi connectivity index (χ1n) is 6.03. The highest BCUT2D eigenvalue weighted by Gasteiger charge is 2.19. The standard InChI is InChI=1S/C13H23O2/c1-13(2,3)15-12(14)10-9-11-7-5-4-6-8-11/h4-10H2,1-3H3. The fraction of sp³-hybridized carbons (Fsp3) is 0.846. The molecule has 2 nitrogen and oxygen atoms in total. The first-order valence-corrected chi connectivity index (χ1v) is 6.03. The van der Waals surface area contributed by atoms with Crippen molar-refractivity contribution in [1.82, 2.24) is 0 Å². The second kappa shape index (κ2) is 5.53. The molecule has 0 atom stereocenters. The van der Waals surface area contributed by atoms with Crippen LogP contribution in [0.2, 0.25) is 0 Å². The Kier molecular flexibility index (Phi) is 4.62. The molecular weight excluding hydrogens is 188 g/mol. The van der Waals surface area contributed by atoms with Gasteiger partial charge in [0, 0.05) is 6.42 Å². The largest absolute Gasteiger partial charge is 0.460 e. The predicted molar refractivity (Wildman–Crippen MR) is 61.4 cm³/mol. The summed E-state index contributed by atoms with van der Waals surface area (Å²) in [5.74, 6) is 1.51. The van der Waals surface area contributed by atoms with Gasteiger partial charge in [-0.2, -0.15) is 0 Å². The molecule has 0 heterocycles. The summed E-state index contributed by atoms with van der Waals surface area (Å²) in [6, 6.07) is 0. The van der Waals surface area contributed by atoms with E-state index in [1.807, 2.05) is 20.8 Å². The van der Waals surface area contributed by atoms with Crippen LogP contribution in [-0.4, -0.2) is 11.6 Å². The summed E-state index contributed by atoms with van der Waals surface area (Å²) in [6.07, 6.45) is 7.93. The molecule has 1 saturated carbocycles. The minimum atomic E-state index is -0.339. The Hall–Kier alpha value is -0.530. The average molecular weight is 211 g/mol. The second-order valence-corrected chi connectivity index (χ2v) is 5.40. The summed E-state index contributed by atoms with van der Waals surface area (Å²) >= 11 is 0. The topological polar surface area (TPSA) is 26.3 Å². The van der Waals surface area contributed by atoms with Crippen molar-refractivity contribution in [3.05, 3.63) is 5.92 Å². The van der Waals surface area contributed by atoms with Crippen molar-refractivity contribution in [2.75, 3.05) is 0 Å². The van der Waals surface area contributed by atoms with Gasteiger partial charge in [0.2, 0.25) is 0 Å². The highest BCUT2D eigenvalue weighted by atomic mass is 16.6. The molecule has 0 aromatic heterocycles. The van der Waals surface area contributed by atoms with E-state index in [1.165, 1.54) is 32.1 Å². The van der Waals surface area contributed by atoms with Gasteiger partial charge in [0.15, 0.2) is 0 Å². The molecule has 2 heteroatoms. The van der Waals surface area contributed by atoms with Crippen molar-refractivity contribution in [2.45, 2.75) is 71.3 Å². The quantitative estimate of drug-likeness (QED) is 0.666. The maximum absolute atomic E-state index is 11.5. The Morgan fingerprint density at radius 1 is 1.20 bits per heavy atom. The smallest absolute Gasteiger partial charge is 0.306 e. The van der Waals surface area contributed by atoms with E-state index < -0.39 is 0 Å². The fourth-order valence-corrected chi connectivity index (χ4v) is 1.97. The SMILES string of the molecule is CC(C)(C)OC(=O)CC[C]1CCCCC1. The van der Waals surface area contributed by atoms with E-state index in [0.717, 1.165) is 6.42 Å². The molecular formula is C13H23O2. The molecule has 15 heavy (non-hydrogen) atoms. The maximum atomic E-state index is 11.5. The molecule has 1 aliphatic carbocycles. The van der Waals surface area contributed by atoms with Gasteiger partial charge in [-0.1, -0.05) is 19.3 Å². The van der Waals surface area contributed by atoms with Crippen LogP contribution in [0.25, 0.3) is 0 Å². The number of carbonyl (C=O) groups excluding carboxylic acids is 1. The lowest BCUT2D eigenvalue weighted by atomic mass is 9.86.